The highest BCUT2D eigenvalue weighted by Crippen LogP contribution is 2.31. The van der Waals surface area contributed by atoms with E-state index in [-0.39, 0.29) is 11.8 Å². The maximum absolute atomic E-state index is 7.74. The highest BCUT2D eigenvalue weighted by Gasteiger charge is 2.22. The number of imidazole rings is 1. The van der Waals surface area contributed by atoms with Crippen LogP contribution in [0.1, 0.15) is 23.1 Å². The second kappa shape index (κ2) is 6.72. The van der Waals surface area contributed by atoms with Gasteiger partial charge in [-0.2, -0.15) is 5.10 Å². The Kier molecular flexibility index (Phi) is 4.37. The molecule has 2 aromatic carbocycles. The lowest BCUT2D eigenvalue weighted by Gasteiger charge is -2.06. The van der Waals surface area contributed by atoms with Crippen LogP contribution in [0.15, 0.2) is 47.7 Å². The highest BCUT2D eigenvalue weighted by molar-refractivity contribution is 6.36. The third-order valence-electron chi connectivity index (χ3n) is 4.54. The minimum Gasteiger partial charge on any atom is -0.384 e. The van der Waals surface area contributed by atoms with Crippen LogP contribution in [0.5, 0.6) is 0 Å². The topological polar surface area (TPSA) is 106 Å². The zero-order chi connectivity index (χ0) is 19.1. The first kappa shape index (κ1) is 17.6. The van der Waals surface area contributed by atoms with E-state index in [1.165, 1.54) is 0 Å². The molecule has 0 radical (unpaired) electrons. The molecule has 1 aliphatic rings. The Morgan fingerprint density at radius 1 is 1.15 bits per heavy atom. The van der Waals surface area contributed by atoms with E-state index in [0.717, 1.165) is 40.8 Å². The molecule has 6 nitrogen and oxygen atoms in total. The molecule has 0 spiro atoms. The summed E-state index contributed by atoms with van der Waals surface area (Å²) in [6.07, 6.45) is 3.27. The predicted octanol–water partition coefficient (Wildman–Crippen LogP) is 3.92. The average Bonchev–Trinajstić information content (AvgIpc) is 3.19. The van der Waals surface area contributed by atoms with Crippen LogP contribution in [0.4, 0.5) is 5.95 Å². The van der Waals surface area contributed by atoms with Crippen molar-refractivity contribution >= 4 is 40.7 Å². The van der Waals surface area contributed by atoms with Crippen LogP contribution >= 0.6 is 23.2 Å². The number of nitrogens with two attached hydrogens (primary N) is 2. The summed E-state index contributed by atoms with van der Waals surface area (Å²) in [5, 5.41) is 13.5. The Morgan fingerprint density at radius 3 is 2.70 bits per heavy atom. The molecule has 0 bridgehead atoms. The fraction of sp³-hybridized carbons (Fsp3) is 0.105. The van der Waals surface area contributed by atoms with Crippen LogP contribution in [-0.2, 0) is 6.42 Å². The standard InChI is InChI=1S/C19H16Cl2N6/c20-10-4-5-14(15(21)8-10)17-9-27(19(24)25-17)26-16-7-6-11-12(16)2-1-3-13(11)18(22)23/h1-5,8-9H,6-7H2,(H3,22,23)(H2,24,25)/b26-16+. The Balaban J connectivity index is 1.74. The molecule has 0 amide bonds. The van der Waals surface area contributed by atoms with Gasteiger partial charge < -0.3 is 11.5 Å². The molecule has 0 aliphatic heterocycles. The maximum atomic E-state index is 7.74. The van der Waals surface area contributed by atoms with Gasteiger partial charge in [-0.15, -0.1) is 0 Å². The van der Waals surface area contributed by atoms with Crippen molar-refractivity contribution in [1.82, 2.24) is 9.66 Å². The summed E-state index contributed by atoms with van der Waals surface area (Å²) in [6, 6.07) is 10.9. The third-order valence-corrected chi connectivity index (χ3v) is 5.09. The Bertz CT molecular complexity index is 1100. The number of halogens is 2. The molecule has 4 rings (SSSR count). The van der Waals surface area contributed by atoms with E-state index in [2.05, 4.69) is 10.1 Å². The number of anilines is 1. The molecule has 5 N–H and O–H groups in total. The van der Waals surface area contributed by atoms with Crippen molar-refractivity contribution in [3.05, 3.63) is 69.3 Å². The molecule has 0 fully saturated rings. The van der Waals surface area contributed by atoms with Gasteiger partial charge in [-0.25, -0.2) is 9.66 Å². The fourth-order valence-electron chi connectivity index (χ4n) is 3.28. The quantitative estimate of drug-likeness (QED) is 0.459. The molecule has 0 saturated carbocycles. The van der Waals surface area contributed by atoms with E-state index in [0.29, 0.717) is 15.7 Å². The summed E-state index contributed by atoms with van der Waals surface area (Å²) in [5.41, 5.74) is 16.8. The summed E-state index contributed by atoms with van der Waals surface area (Å²) >= 11 is 12.2. The van der Waals surface area contributed by atoms with E-state index in [1.54, 1.807) is 29.1 Å². The first-order valence-corrected chi connectivity index (χ1v) is 9.04. The lowest BCUT2D eigenvalue weighted by atomic mass is 10.0. The largest absolute Gasteiger partial charge is 0.384 e. The van der Waals surface area contributed by atoms with Crippen LogP contribution in [0, 0.1) is 5.41 Å². The van der Waals surface area contributed by atoms with Crippen molar-refractivity contribution in [2.75, 3.05) is 5.73 Å². The Hall–Kier alpha value is -2.83. The number of aromatic nitrogens is 2. The zero-order valence-electron chi connectivity index (χ0n) is 14.2. The molecule has 1 aliphatic carbocycles. The Morgan fingerprint density at radius 2 is 1.96 bits per heavy atom. The summed E-state index contributed by atoms with van der Waals surface area (Å²) in [5.74, 6) is 0.328. The van der Waals surface area contributed by atoms with Crippen LogP contribution < -0.4 is 11.5 Å². The van der Waals surface area contributed by atoms with Gasteiger partial charge in [-0.1, -0.05) is 41.4 Å². The minimum absolute atomic E-state index is 0.0647. The van der Waals surface area contributed by atoms with Crippen molar-refractivity contribution in [1.29, 1.82) is 5.41 Å². The van der Waals surface area contributed by atoms with Crippen LogP contribution in [0.2, 0.25) is 10.0 Å². The molecule has 27 heavy (non-hydrogen) atoms. The predicted molar refractivity (Wildman–Crippen MR) is 110 cm³/mol. The molecule has 0 unspecified atom stereocenters. The van der Waals surface area contributed by atoms with Crippen molar-refractivity contribution in [3.63, 3.8) is 0 Å². The molecule has 3 aromatic rings. The van der Waals surface area contributed by atoms with Gasteiger partial charge in [0, 0.05) is 21.7 Å². The van der Waals surface area contributed by atoms with E-state index >= 15 is 0 Å². The number of amidine groups is 1. The van der Waals surface area contributed by atoms with Gasteiger partial charge in [0.1, 0.15) is 5.84 Å². The fourth-order valence-corrected chi connectivity index (χ4v) is 3.79. The van der Waals surface area contributed by atoms with Gasteiger partial charge in [-0.05, 0) is 36.6 Å². The van der Waals surface area contributed by atoms with Crippen LogP contribution in [-0.4, -0.2) is 21.2 Å². The molecule has 0 atom stereocenters. The molecule has 8 heteroatoms. The summed E-state index contributed by atoms with van der Waals surface area (Å²) < 4.78 is 1.55. The minimum atomic E-state index is 0.0647. The highest BCUT2D eigenvalue weighted by atomic mass is 35.5. The first-order chi connectivity index (χ1) is 12.9. The molecule has 0 saturated heterocycles. The molecular weight excluding hydrogens is 383 g/mol. The van der Waals surface area contributed by atoms with E-state index in [4.69, 9.17) is 40.1 Å². The van der Waals surface area contributed by atoms with Gasteiger partial charge in [0.15, 0.2) is 0 Å². The molecule has 136 valence electrons. The van der Waals surface area contributed by atoms with E-state index in [1.807, 2.05) is 18.2 Å². The number of hydrogen-bond acceptors (Lipinski definition) is 4. The molecular formula is C19H16Cl2N6. The number of nitrogens with one attached hydrogen (secondary N) is 1. The maximum Gasteiger partial charge on any atom is 0.221 e. The first-order valence-electron chi connectivity index (χ1n) is 8.29. The van der Waals surface area contributed by atoms with Gasteiger partial charge in [0.2, 0.25) is 5.95 Å². The van der Waals surface area contributed by atoms with Gasteiger partial charge in [-0.3, -0.25) is 5.41 Å². The van der Waals surface area contributed by atoms with Crippen LogP contribution in [0.3, 0.4) is 0 Å². The SMILES string of the molecule is N=C(N)c1cccc2c1CC/C2=N\n1cc(-c2ccc(Cl)cc2Cl)nc1N. The number of rotatable bonds is 3. The zero-order valence-corrected chi connectivity index (χ0v) is 15.7. The van der Waals surface area contributed by atoms with Crippen molar-refractivity contribution in [3.8, 4) is 11.3 Å². The van der Waals surface area contributed by atoms with Gasteiger partial charge in [0.05, 0.1) is 22.6 Å². The summed E-state index contributed by atoms with van der Waals surface area (Å²) in [6.45, 7) is 0. The number of benzene rings is 2. The number of nitrogens with zero attached hydrogens (tertiary/aromatic N) is 3. The number of fused-ring (bicyclic) bond motifs is 1. The summed E-state index contributed by atoms with van der Waals surface area (Å²) in [7, 11) is 0. The van der Waals surface area contributed by atoms with Gasteiger partial charge in [0.25, 0.3) is 0 Å². The summed E-state index contributed by atoms with van der Waals surface area (Å²) in [4.78, 5) is 4.37. The number of hydrogen-bond donors (Lipinski definition) is 3. The van der Waals surface area contributed by atoms with Crippen molar-refractivity contribution in [2.24, 2.45) is 10.8 Å². The van der Waals surface area contributed by atoms with Crippen molar-refractivity contribution in [2.45, 2.75) is 12.8 Å². The lowest BCUT2D eigenvalue weighted by Crippen LogP contribution is -2.13. The van der Waals surface area contributed by atoms with E-state index in [9.17, 15) is 0 Å². The normalized spacial score (nSPS) is 14.5. The second-order valence-corrected chi connectivity index (χ2v) is 7.09. The Labute approximate surface area is 165 Å². The average molecular weight is 399 g/mol. The smallest absolute Gasteiger partial charge is 0.221 e. The van der Waals surface area contributed by atoms with E-state index < -0.39 is 0 Å². The second-order valence-electron chi connectivity index (χ2n) is 6.25. The molecule has 1 heterocycles. The monoisotopic (exact) mass is 398 g/mol. The lowest BCUT2D eigenvalue weighted by molar-refractivity contribution is 0.883. The van der Waals surface area contributed by atoms with Crippen molar-refractivity contribution < 1.29 is 0 Å². The number of nitrogen functional groups attached to an aromatic ring is 2. The van der Waals surface area contributed by atoms with Crippen LogP contribution in [0.25, 0.3) is 11.3 Å². The van der Waals surface area contributed by atoms with Gasteiger partial charge >= 0.3 is 0 Å². The molecule has 1 aromatic heterocycles. The third kappa shape index (κ3) is 3.18.